The van der Waals surface area contributed by atoms with Crippen LogP contribution in [-0.4, -0.2) is 28.0 Å². The van der Waals surface area contributed by atoms with Crippen molar-refractivity contribution in [3.05, 3.63) is 30.1 Å². The zero-order valence-corrected chi connectivity index (χ0v) is 10.4. The molecule has 98 valence electrons. The molecule has 0 aliphatic rings. The molecule has 0 spiro atoms. The van der Waals surface area contributed by atoms with Crippen LogP contribution in [0, 0.1) is 0 Å². The molecule has 5 nitrogen and oxygen atoms in total. The molecule has 0 aliphatic carbocycles. The Morgan fingerprint density at radius 1 is 1.50 bits per heavy atom. The number of carbonyl (C=O) groups is 2. The Hall–Kier alpha value is -1.91. The van der Waals surface area contributed by atoms with Crippen molar-refractivity contribution in [2.24, 2.45) is 0 Å². The van der Waals surface area contributed by atoms with Gasteiger partial charge in [-0.3, -0.25) is 9.78 Å². The normalized spacial score (nSPS) is 11.8. The number of nitrogens with zero attached hydrogens (tertiary/aromatic N) is 1. The Bertz CT molecular complexity index is 392. The second-order valence-electron chi connectivity index (χ2n) is 4.11. The molecule has 5 heteroatoms. The van der Waals surface area contributed by atoms with Crippen LogP contribution in [-0.2, 0) is 16.0 Å². The molecule has 0 aliphatic heterocycles. The van der Waals surface area contributed by atoms with Crippen molar-refractivity contribution in [2.45, 2.75) is 38.6 Å². The molecule has 0 fully saturated rings. The van der Waals surface area contributed by atoms with Crippen LogP contribution in [0.5, 0.6) is 0 Å². The van der Waals surface area contributed by atoms with Crippen molar-refractivity contribution in [1.29, 1.82) is 0 Å². The molecule has 2 N–H and O–H groups in total. The molecule has 0 saturated heterocycles. The van der Waals surface area contributed by atoms with E-state index < -0.39 is 12.0 Å². The first-order valence-corrected chi connectivity index (χ1v) is 6.04. The van der Waals surface area contributed by atoms with Crippen LogP contribution in [0.3, 0.4) is 0 Å². The molecular formula is C13H18N2O3. The third-order valence-corrected chi connectivity index (χ3v) is 2.57. The van der Waals surface area contributed by atoms with Gasteiger partial charge in [0.1, 0.15) is 6.04 Å². The molecule has 0 aromatic carbocycles. The molecule has 1 atom stereocenters. The zero-order chi connectivity index (χ0) is 13.4. The highest BCUT2D eigenvalue weighted by Crippen LogP contribution is 2.02. The van der Waals surface area contributed by atoms with Crippen molar-refractivity contribution >= 4 is 11.9 Å². The summed E-state index contributed by atoms with van der Waals surface area (Å²) in [7, 11) is 0. The number of amides is 1. The van der Waals surface area contributed by atoms with Gasteiger partial charge in [0.25, 0.3) is 0 Å². The Morgan fingerprint density at radius 3 is 2.83 bits per heavy atom. The van der Waals surface area contributed by atoms with Gasteiger partial charge in [-0.15, -0.1) is 0 Å². The Morgan fingerprint density at radius 2 is 2.28 bits per heavy atom. The SMILES string of the molecule is CCC[C@H](NC(=O)CCc1cccnc1)C(=O)O. The number of pyridine rings is 1. The third-order valence-electron chi connectivity index (χ3n) is 2.57. The van der Waals surface area contributed by atoms with E-state index in [2.05, 4.69) is 10.3 Å². The fourth-order valence-corrected chi connectivity index (χ4v) is 1.62. The van der Waals surface area contributed by atoms with Crippen LogP contribution in [0.15, 0.2) is 24.5 Å². The maximum atomic E-state index is 11.6. The van der Waals surface area contributed by atoms with Crippen molar-refractivity contribution in [3.63, 3.8) is 0 Å². The molecule has 1 aromatic rings. The molecule has 1 rings (SSSR count). The summed E-state index contributed by atoms with van der Waals surface area (Å²) in [6.07, 6.45) is 5.39. The number of aliphatic carboxylic acids is 1. The summed E-state index contributed by atoms with van der Waals surface area (Å²) in [6, 6.07) is 2.92. The van der Waals surface area contributed by atoms with Gasteiger partial charge in [-0.2, -0.15) is 0 Å². The minimum absolute atomic E-state index is 0.236. The predicted octanol–water partition coefficient (Wildman–Crippen LogP) is 1.38. The minimum Gasteiger partial charge on any atom is -0.480 e. The van der Waals surface area contributed by atoms with Gasteiger partial charge in [-0.05, 0) is 24.5 Å². The number of aryl methyl sites for hydroxylation is 1. The van der Waals surface area contributed by atoms with Crippen LogP contribution in [0.2, 0.25) is 0 Å². The summed E-state index contributed by atoms with van der Waals surface area (Å²) < 4.78 is 0. The average Bonchev–Trinajstić information content (AvgIpc) is 2.37. The highest BCUT2D eigenvalue weighted by Gasteiger charge is 2.18. The van der Waals surface area contributed by atoms with E-state index in [1.807, 2.05) is 19.1 Å². The van der Waals surface area contributed by atoms with Gasteiger partial charge < -0.3 is 10.4 Å². The average molecular weight is 250 g/mol. The number of hydrogen-bond acceptors (Lipinski definition) is 3. The van der Waals surface area contributed by atoms with Crippen LogP contribution in [0.1, 0.15) is 31.7 Å². The number of carboxylic acid groups (broad SMARTS) is 1. The number of carboxylic acids is 1. The number of carbonyl (C=O) groups excluding carboxylic acids is 1. The smallest absolute Gasteiger partial charge is 0.326 e. The monoisotopic (exact) mass is 250 g/mol. The molecule has 1 amide bonds. The first-order chi connectivity index (χ1) is 8.63. The maximum Gasteiger partial charge on any atom is 0.326 e. The highest BCUT2D eigenvalue weighted by atomic mass is 16.4. The number of rotatable bonds is 7. The molecule has 0 unspecified atom stereocenters. The third kappa shape index (κ3) is 4.95. The number of hydrogen-bond donors (Lipinski definition) is 2. The molecule has 0 saturated carbocycles. The molecule has 18 heavy (non-hydrogen) atoms. The van der Waals surface area contributed by atoms with E-state index in [0.29, 0.717) is 12.8 Å². The topological polar surface area (TPSA) is 79.3 Å². The Labute approximate surface area is 106 Å². The summed E-state index contributed by atoms with van der Waals surface area (Å²) in [4.78, 5) is 26.4. The van der Waals surface area contributed by atoms with Crippen LogP contribution >= 0.6 is 0 Å². The lowest BCUT2D eigenvalue weighted by molar-refractivity contribution is -0.142. The largest absolute Gasteiger partial charge is 0.480 e. The van der Waals surface area contributed by atoms with Crippen LogP contribution < -0.4 is 5.32 Å². The summed E-state index contributed by atoms with van der Waals surface area (Å²) in [5, 5.41) is 11.4. The van der Waals surface area contributed by atoms with Crippen molar-refractivity contribution in [3.8, 4) is 0 Å². The molecule has 1 aromatic heterocycles. The van der Waals surface area contributed by atoms with Crippen molar-refractivity contribution in [1.82, 2.24) is 10.3 Å². The van der Waals surface area contributed by atoms with Crippen molar-refractivity contribution < 1.29 is 14.7 Å². The lowest BCUT2D eigenvalue weighted by Gasteiger charge is -2.13. The summed E-state index contributed by atoms with van der Waals surface area (Å²) in [6.45, 7) is 1.89. The Kier molecular flexibility index (Phi) is 5.84. The predicted molar refractivity (Wildman–Crippen MR) is 67.0 cm³/mol. The molecule has 0 radical (unpaired) electrons. The first-order valence-electron chi connectivity index (χ1n) is 6.04. The van der Waals surface area contributed by atoms with Gasteiger partial charge in [0.05, 0.1) is 0 Å². The fourth-order valence-electron chi connectivity index (χ4n) is 1.62. The van der Waals surface area contributed by atoms with E-state index in [4.69, 9.17) is 5.11 Å². The maximum absolute atomic E-state index is 11.6. The minimum atomic E-state index is -0.980. The van der Waals surface area contributed by atoms with Crippen LogP contribution in [0.4, 0.5) is 0 Å². The number of aromatic nitrogens is 1. The second-order valence-corrected chi connectivity index (χ2v) is 4.11. The molecule has 1 heterocycles. The molecule has 0 bridgehead atoms. The summed E-state index contributed by atoms with van der Waals surface area (Å²) in [5.74, 6) is -1.22. The highest BCUT2D eigenvalue weighted by molar-refractivity contribution is 5.83. The first kappa shape index (κ1) is 14.2. The van der Waals surface area contributed by atoms with E-state index in [1.54, 1.807) is 12.4 Å². The van der Waals surface area contributed by atoms with Gasteiger partial charge >= 0.3 is 5.97 Å². The van der Waals surface area contributed by atoms with Crippen LogP contribution in [0.25, 0.3) is 0 Å². The Balaban J connectivity index is 2.39. The summed E-state index contributed by atoms with van der Waals surface area (Å²) in [5.41, 5.74) is 0.968. The standard InChI is InChI=1S/C13H18N2O3/c1-2-4-11(13(17)18)15-12(16)7-6-10-5-3-8-14-9-10/h3,5,8-9,11H,2,4,6-7H2,1H3,(H,15,16)(H,17,18)/t11-/m0/s1. The lowest BCUT2D eigenvalue weighted by atomic mass is 10.1. The van der Waals surface area contributed by atoms with E-state index in [9.17, 15) is 9.59 Å². The lowest BCUT2D eigenvalue weighted by Crippen LogP contribution is -2.40. The fraction of sp³-hybridized carbons (Fsp3) is 0.462. The van der Waals surface area contributed by atoms with Gasteiger partial charge in [0, 0.05) is 18.8 Å². The van der Waals surface area contributed by atoms with E-state index in [1.165, 1.54) is 0 Å². The van der Waals surface area contributed by atoms with Gasteiger partial charge in [0.2, 0.25) is 5.91 Å². The van der Waals surface area contributed by atoms with Gasteiger partial charge in [-0.1, -0.05) is 19.4 Å². The van der Waals surface area contributed by atoms with E-state index in [-0.39, 0.29) is 12.3 Å². The van der Waals surface area contributed by atoms with E-state index in [0.717, 1.165) is 12.0 Å². The van der Waals surface area contributed by atoms with Gasteiger partial charge in [-0.25, -0.2) is 4.79 Å². The van der Waals surface area contributed by atoms with Gasteiger partial charge in [0.15, 0.2) is 0 Å². The summed E-state index contributed by atoms with van der Waals surface area (Å²) >= 11 is 0. The van der Waals surface area contributed by atoms with E-state index >= 15 is 0 Å². The zero-order valence-electron chi connectivity index (χ0n) is 10.4. The molecular weight excluding hydrogens is 232 g/mol. The second kappa shape index (κ2) is 7.42. The van der Waals surface area contributed by atoms with Crippen molar-refractivity contribution in [2.75, 3.05) is 0 Å². The number of nitrogens with one attached hydrogen (secondary N) is 1. The quantitative estimate of drug-likeness (QED) is 0.766.